The highest BCUT2D eigenvalue weighted by molar-refractivity contribution is 5.73. The molecule has 1 unspecified atom stereocenters. The molecule has 82 valence electrons. The molecule has 1 atom stereocenters. The van der Waals surface area contributed by atoms with Crippen molar-refractivity contribution in [3.63, 3.8) is 0 Å². The fourth-order valence-corrected chi connectivity index (χ4v) is 2.26. The summed E-state index contributed by atoms with van der Waals surface area (Å²) in [5.74, 6) is -0.734. The summed E-state index contributed by atoms with van der Waals surface area (Å²) in [5.41, 5.74) is -0.0508. The Bertz CT molecular complexity index is 228. The molecule has 0 aromatic heterocycles. The minimum absolute atomic E-state index is 0.0508. The maximum atomic E-state index is 10.9. The number of carboxylic acid groups (broad SMARTS) is 1. The van der Waals surface area contributed by atoms with E-state index in [9.17, 15) is 4.79 Å². The van der Waals surface area contributed by atoms with Crippen molar-refractivity contribution in [2.45, 2.75) is 32.4 Å². The van der Waals surface area contributed by atoms with Gasteiger partial charge < -0.3 is 10.0 Å². The van der Waals surface area contributed by atoms with Crippen molar-refractivity contribution in [1.82, 2.24) is 9.80 Å². The summed E-state index contributed by atoms with van der Waals surface area (Å²) in [6, 6.07) is -0.390. The van der Waals surface area contributed by atoms with Gasteiger partial charge in [-0.3, -0.25) is 9.69 Å². The molecule has 1 saturated heterocycles. The second kappa shape index (κ2) is 3.87. The Labute approximate surface area is 85.5 Å². The molecule has 1 N–H and O–H groups in total. The molecule has 0 aromatic carbocycles. The van der Waals surface area contributed by atoms with Crippen molar-refractivity contribution in [2.75, 3.05) is 26.7 Å². The molecule has 0 saturated carbocycles. The molecular formula is C10H20N2O2. The Morgan fingerprint density at radius 3 is 2.43 bits per heavy atom. The molecule has 4 heteroatoms. The van der Waals surface area contributed by atoms with Crippen LogP contribution >= 0.6 is 0 Å². The van der Waals surface area contributed by atoms with Crippen LogP contribution < -0.4 is 0 Å². The van der Waals surface area contributed by atoms with E-state index in [0.717, 1.165) is 19.6 Å². The lowest BCUT2D eigenvalue weighted by Crippen LogP contribution is -2.62. The fourth-order valence-electron chi connectivity index (χ4n) is 2.26. The number of aliphatic carboxylic acids is 1. The van der Waals surface area contributed by atoms with Crippen LogP contribution in [-0.2, 0) is 4.79 Å². The van der Waals surface area contributed by atoms with Gasteiger partial charge in [-0.2, -0.15) is 0 Å². The van der Waals surface area contributed by atoms with Crippen molar-refractivity contribution in [2.24, 2.45) is 0 Å². The highest BCUT2D eigenvalue weighted by atomic mass is 16.4. The van der Waals surface area contributed by atoms with Gasteiger partial charge in [0.2, 0.25) is 0 Å². The van der Waals surface area contributed by atoms with E-state index in [4.69, 9.17) is 5.11 Å². The van der Waals surface area contributed by atoms with Gasteiger partial charge in [0.1, 0.15) is 6.04 Å². The SMILES string of the molecule is CC(C(=O)O)N1CCN(C)CC1(C)C. The molecule has 14 heavy (non-hydrogen) atoms. The average molecular weight is 200 g/mol. The lowest BCUT2D eigenvalue weighted by molar-refractivity contribution is -0.146. The number of carbonyl (C=O) groups is 1. The van der Waals surface area contributed by atoms with Crippen molar-refractivity contribution in [1.29, 1.82) is 0 Å². The predicted octanol–water partition coefficient (Wildman–Crippen LogP) is 0.486. The molecule has 0 spiro atoms. The summed E-state index contributed by atoms with van der Waals surface area (Å²) >= 11 is 0. The number of nitrogens with zero attached hydrogens (tertiary/aromatic N) is 2. The Balaban J connectivity index is 2.73. The molecule has 0 aromatic rings. The van der Waals surface area contributed by atoms with E-state index in [-0.39, 0.29) is 5.54 Å². The zero-order chi connectivity index (χ0) is 10.9. The van der Waals surface area contributed by atoms with Gasteiger partial charge in [0, 0.05) is 25.2 Å². The van der Waals surface area contributed by atoms with Gasteiger partial charge in [-0.05, 0) is 27.8 Å². The fraction of sp³-hybridized carbons (Fsp3) is 0.900. The number of carboxylic acids is 1. The summed E-state index contributed by atoms with van der Waals surface area (Å²) < 4.78 is 0. The van der Waals surface area contributed by atoms with E-state index >= 15 is 0 Å². The number of hydrogen-bond donors (Lipinski definition) is 1. The van der Waals surface area contributed by atoms with Crippen LogP contribution in [0, 0.1) is 0 Å². The molecule has 1 fully saturated rings. The molecule has 0 bridgehead atoms. The van der Waals surface area contributed by atoms with Crippen molar-refractivity contribution in [3.8, 4) is 0 Å². The standard InChI is InChI=1S/C10H20N2O2/c1-8(9(13)14)12-6-5-11(4)7-10(12,2)3/h8H,5-7H2,1-4H3,(H,13,14). The molecule has 0 aliphatic carbocycles. The number of rotatable bonds is 2. The largest absolute Gasteiger partial charge is 0.480 e. The van der Waals surface area contributed by atoms with Gasteiger partial charge in [-0.1, -0.05) is 0 Å². The second-order valence-corrected chi connectivity index (χ2v) is 4.76. The van der Waals surface area contributed by atoms with Crippen LogP contribution in [0.1, 0.15) is 20.8 Å². The van der Waals surface area contributed by atoms with E-state index in [0.29, 0.717) is 0 Å². The van der Waals surface area contributed by atoms with Crippen LogP contribution in [0.3, 0.4) is 0 Å². The van der Waals surface area contributed by atoms with Gasteiger partial charge in [0.15, 0.2) is 0 Å². The summed E-state index contributed by atoms with van der Waals surface area (Å²) in [7, 11) is 2.07. The molecule has 0 amide bonds. The molecule has 1 heterocycles. The van der Waals surface area contributed by atoms with E-state index in [2.05, 4.69) is 30.7 Å². The number of hydrogen-bond acceptors (Lipinski definition) is 3. The van der Waals surface area contributed by atoms with E-state index in [1.807, 2.05) is 0 Å². The molecular weight excluding hydrogens is 180 g/mol. The second-order valence-electron chi connectivity index (χ2n) is 4.76. The lowest BCUT2D eigenvalue weighted by atomic mass is 9.97. The third-order valence-corrected chi connectivity index (χ3v) is 2.98. The van der Waals surface area contributed by atoms with Gasteiger partial charge in [0.05, 0.1) is 0 Å². The summed E-state index contributed by atoms with van der Waals surface area (Å²) in [4.78, 5) is 15.2. The third kappa shape index (κ3) is 2.25. The molecule has 0 radical (unpaired) electrons. The van der Waals surface area contributed by atoms with Crippen LogP contribution in [0.5, 0.6) is 0 Å². The Morgan fingerprint density at radius 2 is 2.00 bits per heavy atom. The first kappa shape index (κ1) is 11.5. The zero-order valence-corrected chi connectivity index (χ0v) is 9.45. The highest BCUT2D eigenvalue weighted by Gasteiger charge is 2.37. The van der Waals surface area contributed by atoms with E-state index in [1.165, 1.54) is 0 Å². The predicted molar refractivity (Wildman–Crippen MR) is 55.4 cm³/mol. The van der Waals surface area contributed by atoms with E-state index in [1.54, 1.807) is 6.92 Å². The first-order valence-electron chi connectivity index (χ1n) is 5.03. The van der Waals surface area contributed by atoms with Crippen LogP contribution in [0.4, 0.5) is 0 Å². The normalized spacial score (nSPS) is 26.0. The summed E-state index contributed by atoms with van der Waals surface area (Å²) in [6.07, 6.45) is 0. The van der Waals surface area contributed by atoms with Crippen LogP contribution in [0.2, 0.25) is 0 Å². The molecule has 1 aliphatic heterocycles. The Morgan fingerprint density at radius 1 is 1.43 bits per heavy atom. The van der Waals surface area contributed by atoms with Gasteiger partial charge in [-0.15, -0.1) is 0 Å². The lowest BCUT2D eigenvalue weighted by Gasteiger charge is -2.47. The monoisotopic (exact) mass is 200 g/mol. The number of likely N-dealkylation sites (N-methyl/N-ethyl adjacent to an activating group) is 1. The highest BCUT2D eigenvalue weighted by Crippen LogP contribution is 2.22. The minimum Gasteiger partial charge on any atom is -0.480 e. The number of piperazine rings is 1. The Hall–Kier alpha value is -0.610. The third-order valence-electron chi connectivity index (χ3n) is 2.98. The van der Waals surface area contributed by atoms with Gasteiger partial charge in [0.25, 0.3) is 0 Å². The first-order chi connectivity index (χ1) is 6.34. The van der Waals surface area contributed by atoms with Crippen molar-refractivity contribution < 1.29 is 9.90 Å². The van der Waals surface area contributed by atoms with E-state index < -0.39 is 12.0 Å². The topological polar surface area (TPSA) is 43.8 Å². The Kier molecular flexibility index (Phi) is 3.17. The van der Waals surface area contributed by atoms with Crippen LogP contribution in [0.15, 0.2) is 0 Å². The van der Waals surface area contributed by atoms with Gasteiger partial charge >= 0.3 is 5.97 Å². The van der Waals surface area contributed by atoms with Gasteiger partial charge in [-0.25, -0.2) is 0 Å². The van der Waals surface area contributed by atoms with Crippen molar-refractivity contribution >= 4 is 5.97 Å². The summed E-state index contributed by atoms with van der Waals surface area (Å²) in [5, 5.41) is 8.98. The maximum absolute atomic E-state index is 10.9. The van der Waals surface area contributed by atoms with Crippen molar-refractivity contribution in [3.05, 3.63) is 0 Å². The average Bonchev–Trinajstić information content (AvgIpc) is 2.01. The van der Waals surface area contributed by atoms with Crippen LogP contribution in [-0.4, -0.2) is 59.1 Å². The maximum Gasteiger partial charge on any atom is 0.320 e. The minimum atomic E-state index is -0.734. The smallest absolute Gasteiger partial charge is 0.320 e. The molecule has 1 rings (SSSR count). The summed E-state index contributed by atoms with van der Waals surface area (Å²) in [6.45, 7) is 8.65. The van der Waals surface area contributed by atoms with Crippen LogP contribution in [0.25, 0.3) is 0 Å². The zero-order valence-electron chi connectivity index (χ0n) is 9.45. The molecule has 1 aliphatic rings. The molecule has 4 nitrogen and oxygen atoms in total. The quantitative estimate of drug-likeness (QED) is 0.704. The first-order valence-corrected chi connectivity index (χ1v) is 5.03.